The third kappa shape index (κ3) is 9.84. The molecule has 3 aromatic heterocycles. The number of nitrogens with one attached hydrogen (secondary N) is 2. The zero-order chi connectivity index (χ0) is 38.0. The average Bonchev–Trinajstić information content (AvgIpc) is 4.01. The van der Waals surface area contributed by atoms with Crippen molar-refractivity contribution in [1.29, 1.82) is 0 Å². The summed E-state index contributed by atoms with van der Waals surface area (Å²) >= 11 is 0. The topological polar surface area (TPSA) is 57.4 Å². The van der Waals surface area contributed by atoms with E-state index in [0.717, 1.165) is 69.7 Å². The predicted octanol–water partition coefficient (Wildman–Crippen LogP) is 14.7. The van der Waals surface area contributed by atoms with Crippen LogP contribution < -0.4 is 0 Å². The van der Waals surface area contributed by atoms with E-state index in [1.807, 2.05) is 0 Å². The number of unbranched alkanes of at least 4 members (excludes halogenated alkanes) is 9. The molecule has 0 saturated heterocycles. The second kappa shape index (κ2) is 18.6. The molecule has 0 unspecified atom stereocenters. The number of hydrogen-bond donors (Lipinski definition) is 2. The van der Waals surface area contributed by atoms with Crippen LogP contribution in [0.4, 0.5) is 0 Å². The van der Waals surface area contributed by atoms with Crippen LogP contribution in [0.1, 0.15) is 143 Å². The molecule has 2 aromatic carbocycles. The van der Waals surface area contributed by atoms with Crippen molar-refractivity contribution < 1.29 is 0 Å². The van der Waals surface area contributed by atoms with E-state index >= 15 is 0 Å². The molecule has 7 rings (SSSR count). The number of nitrogens with zero attached hydrogens (tertiary/aromatic N) is 2. The number of aryl methyl sites for hydroxylation is 4. The quantitative estimate of drug-likeness (QED) is 0.0917. The van der Waals surface area contributed by atoms with E-state index in [4.69, 9.17) is 9.97 Å². The molecule has 0 saturated carbocycles. The summed E-state index contributed by atoms with van der Waals surface area (Å²) in [4.78, 5) is 18.1. The van der Waals surface area contributed by atoms with Crippen molar-refractivity contribution in [2.75, 3.05) is 0 Å². The van der Waals surface area contributed by atoms with Gasteiger partial charge in [0.05, 0.1) is 22.8 Å². The van der Waals surface area contributed by atoms with Crippen molar-refractivity contribution in [2.45, 2.75) is 124 Å². The molecule has 8 bridgehead atoms. The van der Waals surface area contributed by atoms with Gasteiger partial charge < -0.3 is 9.97 Å². The number of benzene rings is 2. The molecule has 4 nitrogen and oxygen atoms in total. The molecule has 55 heavy (non-hydrogen) atoms. The first-order chi connectivity index (χ1) is 27.0. The predicted molar refractivity (Wildman–Crippen MR) is 238 cm³/mol. The van der Waals surface area contributed by atoms with Crippen LogP contribution >= 0.6 is 0 Å². The minimum absolute atomic E-state index is 0.940. The highest BCUT2D eigenvalue weighted by Gasteiger charge is 2.16. The SMILES string of the molecule is CCCCCCc1cc(CCCCCC)cc(-c2c3nc(cc4ccc([nH]4)c(-c4cc(C)cc(CCCCCC)c4)c4ccc(cc5nc2C=C5)[nH]4)C=C3)c1. The highest BCUT2D eigenvalue weighted by atomic mass is 14.8. The number of aromatic nitrogens is 4. The number of rotatable bonds is 17. The minimum atomic E-state index is 0.940. The summed E-state index contributed by atoms with van der Waals surface area (Å²) < 4.78 is 0. The molecule has 2 aliphatic heterocycles. The number of fused-ring (bicyclic) bond motifs is 8. The lowest BCUT2D eigenvalue weighted by atomic mass is 9.93. The lowest BCUT2D eigenvalue weighted by Gasteiger charge is -2.12. The summed E-state index contributed by atoms with van der Waals surface area (Å²) in [5, 5.41) is 0. The number of hydrogen-bond acceptors (Lipinski definition) is 2. The Morgan fingerprint density at radius 3 is 1.36 bits per heavy atom. The van der Waals surface area contributed by atoms with E-state index in [1.54, 1.807) is 0 Å². The van der Waals surface area contributed by atoms with E-state index in [0.29, 0.717) is 0 Å². The highest BCUT2D eigenvalue weighted by Crippen LogP contribution is 2.35. The maximum absolute atomic E-state index is 5.27. The number of H-pyrrole nitrogens is 2. The molecule has 0 fully saturated rings. The zero-order valence-electron chi connectivity index (χ0n) is 33.7. The van der Waals surface area contributed by atoms with Gasteiger partial charge in [0.2, 0.25) is 0 Å². The first-order valence-electron chi connectivity index (χ1n) is 21.3. The molecule has 284 valence electrons. The van der Waals surface area contributed by atoms with Crippen molar-refractivity contribution in [2.24, 2.45) is 0 Å². The Bertz CT molecular complexity index is 2190. The first-order valence-corrected chi connectivity index (χ1v) is 21.3. The Morgan fingerprint density at radius 1 is 0.436 bits per heavy atom. The summed E-state index contributed by atoms with van der Waals surface area (Å²) in [5.74, 6) is 0. The van der Waals surface area contributed by atoms with Crippen molar-refractivity contribution in [3.8, 4) is 22.3 Å². The molecular formula is C51H60N4. The summed E-state index contributed by atoms with van der Waals surface area (Å²) in [6.07, 6.45) is 27.1. The van der Waals surface area contributed by atoms with Crippen LogP contribution in [0, 0.1) is 6.92 Å². The Kier molecular flexibility index (Phi) is 12.9. The molecule has 0 aliphatic carbocycles. The van der Waals surface area contributed by atoms with Gasteiger partial charge in [0.15, 0.2) is 0 Å². The lowest BCUT2D eigenvalue weighted by molar-refractivity contribution is 0.661. The Morgan fingerprint density at radius 2 is 0.891 bits per heavy atom. The molecule has 0 radical (unpaired) electrons. The molecule has 0 spiro atoms. The van der Waals surface area contributed by atoms with Crippen molar-refractivity contribution in [3.05, 3.63) is 118 Å². The Balaban J connectivity index is 1.37. The van der Waals surface area contributed by atoms with Gasteiger partial charge >= 0.3 is 0 Å². The van der Waals surface area contributed by atoms with Gasteiger partial charge in [0.1, 0.15) is 0 Å². The Hall–Kier alpha value is -4.96. The van der Waals surface area contributed by atoms with Gasteiger partial charge in [-0.2, -0.15) is 0 Å². The maximum Gasteiger partial charge on any atom is 0.0737 e. The second-order valence-electron chi connectivity index (χ2n) is 15.9. The van der Waals surface area contributed by atoms with Crippen molar-refractivity contribution >= 4 is 46.4 Å². The Labute approximate surface area is 329 Å². The van der Waals surface area contributed by atoms with E-state index in [-0.39, 0.29) is 0 Å². The lowest BCUT2D eigenvalue weighted by Crippen LogP contribution is -1.96. The van der Waals surface area contributed by atoms with Gasteiger partial charge in [0.25, 0.3) is 0 Å². The van der Waals surface area contributed by atoms with Gasteiger partial charge in [-0.1, -0.05) is 121 Å². The number of aromatic amines is 2. The van der Waals surface area contributed by atoms with Crippen molar-refractivity contribution in [1.82, 2.24) is 19.9 Å². The molecule has 5 heterocycles. The molecule has 5 aromatic rings. The molecule has 2 aliphatic rings. The molecule has 4 heteroatoms. The second-order valence-corrected chi connectivity index (χ2v) is 15.9. The summed E-state index contributed by atoms with van der Waals surface area (Å²) in [6.45, 7) is 9.07. The zero-order valence-corrected chi connectivity index (χ0v) is 33.7. The summed E-state index contributed by atoms with van der Waals surface area (Å²) in [7, 11) is 0. The van der Waals surface area contributed by atoms with Crippen LogP contribution in [0.25, 0.3) is 68.6 Å². The minimum Gasteiger partial charge on any atom is -0.355 e. The third-order valence-electron chi connectivity index (χ3n) is 11.1. The van der Waals surface area contributed by atoms with Crippen LogP contribution in [0.5, 0.6) is 0 Å². The third-order valence-corrected chi connectivity index (χ3v) is 11.1. The largest absolute Gasteiger partial charge is 0.355 e. The van der Waals surface area contributed by atoms with Gasteiger partial charge in [0, 0.05) is 33.2 Å². The fourth-order valence-corrected chi connectivity index (χ4v) is 8.30. The van der Waals surface area contributed by atoms with E-state index in [2.05, 4.69) is 135 Å². The normalized spacial score (nSPS) is 12.2. The fraction of sp³-hybridized carbons (Fsp3) is 0.373. The van der Waals surface area contributed by atoms with Gasteiger partial charge in [-0.3, -0.25) is 0 Å². The van der Waals surface area contributed by atoms with E-state index in [9.17, 15) is 0 Å². The molecular weight excluding hydrogens is 669 g/mol. The summed E-state index contributed by atoms with van der Waals surface area (Å²) in [6, 6.07) is 27.5. The molecule has 2 N–H and O–H groups in total. The van der Waals surface area contributed by atoms with Gasteiger partial charge in [-0.25, -0.2) is 9.97 Å². The van der Waals surface area contributed by atoms with Gasteiger partial charge in [-0.05, 0) is 134 Å². The van der Waals surface area contributed by atoms with Crippen LogP contribution in [-0.4, -0.2) is 19.9 Å². The summed E-state index contributed by atoms with van der Waals surface area (Å²) in [5.41, 5.74) is 18.3. The average molecular weight is 729 g/mol. The fourth-order valence-electron chi connectivity index (χ4n) is 8.30. The highest BCUT2D eigenvalue weighted by molar-refractivity contribution is 5.94. The van der Waals surface area contributed by atoms with Crippen LogP contribution in [0.15, 0.2) is 72.8 Å². The smallest absolute Gasteiger partial charge is 0.0737 e. The van der Waals surface area contributed by atoms with Crippen molar-refractivity contribution in [3.63, 3.8) is 0 Å². The monoisotopic (exact) mass is 728 g/mol. The van der Waals surface area contributed by atoms with E-state index in [1.165, 1.54) is 116 Å². The molecule has 0 amide bonds. The maximum atomic E-state index is 5.27. The van der Waals surface area contributed by atoms with Crippen LogP contribution in [0.3, 0.4) is 0 Å². The van der Waals surface area contributed by atoms with E-state index < -0.39 is 0 Å². The molecule has 0 atom stereocenters. The standard InChI is InChI=1S/C51H60N4/c1-5-8-11-14-17-37-28-36(4)29-40(31-37)50-46-24-20-42(52-46)34-44-22-26-48(54-44)51(49-27-23-45(55-49)35-43-21-25-47(50)53-43)41-32-38(18-15-12-9-6-2)30-39(33-41)19-16-13-10-7-3/h20-35,52-53H,5-19H2,1-4H3. The first kappa shape index (κ1) is 38.3. The van der Waals surface area contributed by atoms with Crippen LogP contribution in [0.2, 0.25) is 0 Å². The van der Waals surface area contributed by atoms with Gasteiger partial charge in [-0.15, -0.1) is 0 Å². The van der Waals surface area contributed by atoms with Crippen LogP contribution in [-0.2, 0) is 19.3 Å².